The van der Waals surface area contributed by atoms with Crippen molar-refractivity contribution in [2.75, 3.05) is 10.6 Å². The van der Waals surface area contributed by atoms with Crippen molar-refractivity contribution in [1.29, 1.82) is 0 Å². The Morgan fingerprint density at radius 1 is 1.03 bits per heavy atom. The van der Waals surface area contributed by atoms with Gasteiger partial charge in [-0.05, 0) is 42.8 Å². The molecule has 0 aliphatic rings. The van der Waals surface area contributed by atoms with E-state index in [-0.39, 0.29) is 18.3 Å². The van der Waals surface area contributed by atoms with Crippen molar-refractivity contribution < 1.29 is 14.0 Å². The molecular formula is C22H21FN4O3. The Labute approximate surface area is 172 Å². The van der Waals surface area contributed by atoms with Gasteiger partial charge in [-0.15, -0.1) is 0 Å². The van der Waals surface area contributed by atoms with E-state index in [9.17, 15) is 18.8 Å². The summed E-state index contributed by atoms with van der Waals surface area (Å²) in [6, 6.07) is 13.7. The summed E-state index contributed by atoms with van der Waals surface area (Å²) < 4.78 is 14.9. The fourth-order valence-corrected chi connectivity index (χ4v) is 2.92. The van der Waals surface area contributed by atoms with Gasteiger partial charge >= 0.3 is 0 Å². The van der Waals surface area contributed by atoms with Crippen LogP contribution in [0.2, 0.25) is 0 Å². The molecule has 8 heteroatoms. The first-order valence-corrected chi connectivity index (χ1v) is 9.40. The van der Waals surface area contributed by atoms with E-state index in [1.165, 1.54) is 35.8 Å². The molecule has 3 aromatic rings. The molecule has 0 aliphatic carbocycles. The van der Waals surface area contributed by atoms with Crippen LogP contribution in [0.4, 0.5) is 15.8 Å². The number of hydrogen-bond acceptors (Lipinski definition) is 4. The molecule has 0 bridgehead atoms. The van der Waals surface area contributed by atoms with Crippen LogP contribution in [0.25, 0.3) is 11.4 Å². The van der Waals surface area contributed by atoms with E-state index < -0.39 is 17.3 Å². The molecule has 154 valence electrons. The summed E-state index contributed by atoms with van der Waals surface area (Å²) in [5.41, 5.74) is 1.69. The van der Waals surface area contributed by atoms with Crippen LogP contribution in [0.3, 0.4) is 0 Å². The standard InChI is InChI=1S/C22H21FN4O3/c1-3-17-12-21(30)27(22(26-17)15-5-4-6-16(23)11-15)13-20(29)25-19-9-7-18(8-10-19)24-14(2)28/h4-12H,3,13H2,1-2H3,(H,24,28)(H,25,29). The second-order valence-corrected chi connectivity index (χ2v) is 6.67. The molecule has 7 nitrogen and oxygen atoms in total. The van der Waals surface area contributed by atoms with Gasteiger partial charge in [0.25, 0.3) is 5.56 Å². The Morgan fingerprint density at radius 3 is 2.30 bits per heavy atom. The highest BCUT2D eigenvalue weighted by atomic mass is 19.1. The number of rotatable bonds is 6. The molecule has 0 fully saturated rings. The maximum absolute atomic E-state index is 13.7. The van der Waals surface area contributed by atoms with Gasteiger partial charge in [-0.1, -0.05) is 19.1 Å². The molecule has 2 aromatic carbocycles. The van der Waals surface area contributed by atoms with Crippen molar-refractivity contribution in [2.24, 2.45) is 0 Å². The normalized spacial score (nSPS) is 10.5. The summed E-state index contributed by atoms with van der Waals surface area (Å²) in [7, 11) is 0. The maximum atomic E-state index is 13.7. The van der Waals surface area contributed by atoms with Gasteiger partial charge in [0.05, 0.1) is 0 Å². The number of anilines is 2. The van der Waals surface area contributed by atoms with E-state index in [1.807, 2.05) is 6.92 Å². The van der Waals surface area contributed by atoms with Crippen molar-refractivity contribution in [2.45, 2.75) is 26.8 Å². The van der Waals surface area contributed by atoms with Gasteiger partial charge in [0.2, 0.25) is 11.8 Å². The number of carbonyl (C=O) groups excluding carboxylic acids is 2. The van der Waals surface area contributed by atoms with E-state index in [4.69, 9.17) is 0 Å². The second-order valence-electron chi connectivity index (χ2n) is 6.67. The molecular weight excluding hydrogens is 387 g/mol. The Bertz CT molecular complexity index is 1140. The third-order valence-corrected chi connectivity index (χ3v) is 4.30. The molecule has 0 atom stereocenters. The van der Waals surface area contributed by atoms with Gasteiger partial charge in [-0.2, -0.15) is 0 Å². The van der Waals surface area contributed by atoms with Crippen LogP contribution in [0, 0.1) is 5.82 Å². The number of benzene rings is 2. The lowest BCUT2D eigenvalue weighted by atomic mass is 10.2. The third kappa shape index (κ3) is 5.16. The van der Waals surface area contributed by atoms with Gasteiger partial charge < -0.3 is 10.6 Å². The number of halogens is 1. The quantitative estimate of drug-likeness (QED) is 0.655. The number of amides is 2. The fraction of sp³-hybridized carbons (Fsp3) is 0.182. The number of aromatic nitrogens is 2. The zero-order valence-corrected chi connectivity index (χ0v) is 16.6. The smallest absolute Gasteiger partial charge is 0.254 e. The van der Waals surface area contributed by atoms with Gasteiger partial charge in [0, 0.05) is 35.6 Å². The monoisotopic (exact) mass is 408 g/mol. The average molecular weight is 408 g/mol. The summed E-state index contributed by atoms with van der Waals surface area (Å²) in [5.74, 6) is -0.860. The zero-order chi connectivity index (χ0) is 21.7. The molecule has 30 heavy (non-hydrogen) atoms. The minimum atomic E-state index is -0.459. The van der Waals surface area contributed by atoms with Crippen LogP contribution >= 0.6 is 0 Å². The molecule has 0 radical (unpaired) electrons. The number of aryl methyl sites for hydroxylation is 1. The molecule has 2 N–H and O–H groups in total. The Balaban J connectivity index is 1.86. The first kappa shape index (κ1) is 20.9. The Kier molecular flexibility index (Phi) is 6.36. The summed E-state index contributed by atoms with van der Waals surface area (Å²) in [6.45, 7) is 2.98. The van der Waals surface area contributed by atoms with Crippen LogP contribution in [0.1, 0.15) is 19.5 Å². The number of nitrogens with one attached hydrogen (secondary N) is 2. The molecule has 1 heterocycles. The highest BCUT2D eigenvalue weighted by molar-refractivity contribution is 5.92. The summed E-state index contributed by atoms with van der Waals surface area (Å²) >= 11 is 0. The fourth-order valence-electron chi connectivity index (χ4n) is 2.92. The van der Waals surface area contributed by atoms with E-state index >= 15 is 0 Å². The first-order valence-electron chi connectivity index (χ1n) is 9.40. The minimum absolute atomic E-state index is 0.195. The number of nitrogens with zero attached hydrogens (tertiary/aromatic N) is 2. The zero-order valence-electron chi connectivity index (χ0n) is 16.6. The van der Waals surface area contributed by atoms with Gasteiger partial charge in [0.1, 0.15) is 18.2 Å². The van der Waals surface area contributed by atoms with Gasteiger partial charge in [0.15, 0.2) is 0 Å². The molecule has 3 rings (SSSR count). The number of hydrogen-bond donors (Lipinski definition) is 2. The molecule has 0 unspecified atom stereocenters. The number of carbonyl (C=O) groups is 2. The van der Waals surface area contributed by atoms with Crippen LogP contribution in [0.15, 0.2) is 59.4 Å². The molecule has 0 saturated carbocycles. The predicted octanol–water partition coefficient (Wildman–Crippen LogP) is 3.21. The van der Waals surface area contributed by atoms with Crippen molar-refractivity contribution in [3.05, 3.63) is 76.5 Å². The van der Waals surface area contributed by atoms with Crippen LogP contribution in [-0.2, 0) is 22.6 Å². The average Bonchev–Trinajstić information content (AvgIpc) is 2.70. The highest BCUT2D eigenvalue weighted by Crippen LogP contribution is 2.18. The lowest BCUT2D eigenvalue weighted by molar-refractivity contribution is -0.117. The van der Waals surface area contributed by atoms with Crippen LogP contribution in [0.5, 0.6) is 0 Å². The van der Waals surface area contributed by atoms with E-state index in [2.05, 4.69) is 15.6 Å². The molecule has 0 aliphatic heterocycles. The topological polar surface area (TPSA) is 93.1 Å². The lowest BCUT2D eigenvalue weighted by Gasteiger charge is -2.14. The SMILES string of the molecule is CCc1cc(=O)n(CC(=O)Nc2ccc(NC(C)=O)cc2)c(-c2cccc(F)c2)n1. The summed E-state index contributed by atoms with van der Waals surface area (Å²) in [4.78, 5) is 40.7. The van der Waals surface area contributed by atoms with Crippen LogP contribution in [-0.4, -0.2) is 21.4 Å². The molecule has 1 aromatic heterocycles. The lowest BCUT2D eigenvalue weighted by Crippen LogP contribution is -2.30. The molecule has 2 amide bonds. The second kappa shape index (κ2) is 9.13. The van der Waals surface area contributed by atoms with Crippen molar-refractivity contribution in [1.82, 2.24) is 9.55 Å². The van der Waals surface area contributed by atoms with E-state index in [1.54, 1.807) is 30.3 Å². The van der Waals surface area contributed by atoms with Crippen molar-refractivity contribution >= 4 is 23.2 Å². The van der Waals surface area contributed by atoms with E-state index in [0.29, 0.717) is 29.1 Å². The Morgan fingerprint density at radius 2 is 1.70 bits per heavy atom. The Hall–Kier alpha value is -3.81. The van der Waals surface area contributed by atoms with Crippen LogP contribution < -0.4 is 16.2 Å². The largest absolute Gasteiger partial charge is 0.326 e. The van der Waals surface area contributed by atoms with Gasteiger partial charge in [-0.3, -0.25) is 19.0 Å². The summed E-state index contributed by atoms with van der Waals surface area (Å²) in [6.07, 6.45) is 0.533. The molecule has 0 saturated heterocycles. The van der Waals surface area contributed by atoms with Crippen molar-refractivity contribution in [3.63, 3.8) is 0 Å². The highest BCUT2D eigenvalue weighted by Gasteiger charge is 2.14. The van der Waals surface area contributed by atoms with Gasteiger partial charge in [-0.25, -0.2) is 9.37 Å². The third-order valence-electron chi connectivity index (χ3n) is 4.30. The minimum Gasteiger partial charge on any atom is -0.326 e. The summed E-state index contributed by atoms with van der Waals surface area (Å²) in [5, 5.41) is 5.34. The predicted molar refractivity (Wildman–Crippen MR) is 113 cm³/mol. The maximum Gasteiger partial charge on any atom is 0.254 e. The van der Waals surface area contributed by atoms with Crippen molar-refractivity contribution in [3.8, 4) is 11.4 Å². The first-order chi connectivity index (χ1) is 14.4. The molecule has 0 spiro atoms. The van der Waals surface area contributed by atoms with E-state index in [0.717, 1.165) is 0 Å².